The lowest BCUT2D eigenvalue weighted by atomic mass is 10.4. The molecule has 0 saturated carbocycles. The lowest BCUT2D eigenvalue weighted by Gasteiger charge is -2.12. The minimum absolute atomic E-state index is 0.197. The highest BCUT2D eigenvalue weighted by molar-refractivity contribution is 7.99. The van der Waals surface area contributed by atoms with E-state index in [0.29, 0.717) is 11.9 Å². The highest BCUT2D eigenvalue weighted by Crippen LogP contribution is 2.09. The van der Waals surface area contributed by atoms with E-state index < -0.39 is 0 Å². The molecule has 0 aromatic carbocycles. The van der Waals surface area contributed by atoms with E-state index in [2.05, 4.69) is 13.8 Å². The predicted molar refractivity (Wildman–Crippen MR) is 52.1 cm³/mol. The summed E-state index contributed by atoms with van der Waals surface area (Å²) in [7, 11) is 0. The van der Waals surface area contributed by atoms with E-state index in [1.807, 2.05) is 18.7 Å². The van der Waals surface area contributed by atoms with E-state index in [1.54, 1.807) is 0 Å². The molecule has 68 valence electrons. The number of thioether (sulfide) groups is 1. The lowest BCUT2D eigenvalue weighted by Crippen LogP contribution is -2.29. The molecule has 0 bridgehead atoms. The van der Waals surface area contributed by atoms with Gasteiger partial charge < -0.3 is 10.5 Å². The molecular formula is C8H19NOS. The molecule has 3 heteroatoms. The number of hydrogen-bond donors (Lipinski definition) is 1. The zero-order chi connectivity index (χ0) is 8.69. The van der Waals surface area contributed by atoms with E-state index in [4.69, 9.17) is 10.5 Å². The summed E-state index contributed by atoms with van der Waals surface area (Å²) < 4.78 is 5.19. The Morgan fingerprint density at radius 1 is 1.45 bits per heavy atom. The van der Waals surface area contributed by atoms with Gasteiger partial charge in [0.25, 0.3) is 0 Å². The van der Waals surface area contributed by atoms with E-state index in [9.17, 15) is 0 Å². The van der Waals surface area contributed by atoms with Gasteiger partial charge in [0.1, 0.15) is 0 Å². The molecule has 0 aliphatic carbocycles. The van der Waals surface area contributed by atoms with Crippen LogP contribution in [0.3, 0.4) is 0 Å². The molecule has 0 spiro atoms. The van der Waals surface area contributed by atoms with Gasteiger partial charge in [-0.05, 0) is 12.2 Å². The topological polar surface area (TPSA) is 35.2 Å². The van der Waals surface area contributed by atoms with Gasteiger partial charge in [0.05, 0.1) is 6.61 Å². The maximum atomic E-state index is 5.76. The third-order valence-electron chi connectivity index (χ3n) is 1.18. The number of hydrogen-bond acceptors (Lipinski definition) is 3. The van der Waals surface area contributed by atoms with Crippen molar-refractivity contribution in [2.75, 3.05) is 19.0 Å². The van der Waals surface area contributed by atoms with E-state index in [0.717, 1.165) is 12.4 Å². The van der Waals surface area contributed by atoms with Crippen molar-refractivity contribution in [1.29, 1.82) is 0 Å². The van der Waals surface area contributed by atoms with Crippen LogP contribution in [0.25, 0.3) is 0 Å². The Hall–Kier alpha value is 0.270. The van der Waals surface area contributed by atoms with Crippen molar-refractivity contribution in [1.82, 2.24) is 0 Å². The van der Waals surface area contributed by atoms with Crippen molar-refractivity contribution in [3.8, 4) is 0 Å². The van der Waals surface area contributed by atoms with Crippen LogP contribution in [0.15, 0.2) is 0 Å². The van der Waals surface area contributed by atoms with Gasteiger partial charge in [0.2, 0.25) is 0 Å². The molecule has 0 amide bonds. The van der Waals surface area contributed by atoms with Gasteiger partial charge in [-0.3, -0.25) is 0 Å². The molecule has 0 heterocycles. The van der Waals surface area contributed by atoms with Crippen LogP contribution in [0, 0.1) is 0 Å². The molecule has 2 nitrogen and oxygen atoms in total. The monoisotopic (exact) mass is 177 g/mol. The Balaban J connectivity index is 3.15. The van der Waals surface area contributed by atoms with Gasteiger partial charge in [-0.2, -0.15) is 11.8 Å². The largest absolute Gasteiger partial charge is 0.380 e. The van der Waals surface area contributed by atoms with Crippen molar-refractivity contribution < 1.29 is 4.74 Å². The van der Waals surface area contributed by atoms with Crippen LogP contribution < -0.4 is 5.73 Å². The summed E-state index contributed by atoms with van der Waals surface area (Å²) >= 11 is 1.88. The van der Waals surface area contributed by atoms with Gasteiger partial charge >= 0.3 is 0 Å². The lowest BCUT2D eigenvalue weighted by molar-refractivity contribution is 0.138. The molecule has 0 radical (unpaired) electrons. The van der Waals surface area contributed by atoms with Crippen molar-refractivity contribution >= 4 is 11.8 Å². The molecule has 0 aromatic heterocycles. The first-order chi connectivity index (χ1) is 5.16. The van der Waals surface area contributed by atoms with Crippen LogP contribution in [0.2, 0.25) is 0 Å². The molecule has 0 aromatic rings. The predicted octanol–water partition coefficient (Wildman–Crippen LogP) is 1.49. The molecule has 2 N–H and O–H groups in total. The summed E-state index contributed by atoms with van der Waals surface area (Å²) in [4.78, 5) is 0. The Labute approximate surface area is 73.9 Å². The molecule has 0 aliphatic rings. The maximum Gasteiger partial charge on any atom is 0.0625 e. The highest BCUT2D eigenvalue weighted by Gasteiger charge is 2.03. The molecule has 0 fully saturated rings. The highest BCUT2D eigenvalue weighted by atomic mass is 32.2. The SMILES string of the molecule is CCOCC(N)CSC(C)C. The zero-order valence-corrected chi connectivity index (χ0v) is 8.49. The fourth-order valence-electron chi connectivity index (χ4n) is 0.633. The minimum atomic E-state index is 0.197. The van der Waals surface area contributed by atoms with Crippen LogP contribution in [0.5, 0.6) is 0 Å². The molecule has 0 aliphatic heterocycles. The first-order valence-corrected chi connectivity index (χ1v) is 5.16. The van der Waals surface area contributed by atoms with Gasteiger partial charge in [-0.1, -0.05) is 13.8 Å². The van der Waals surface area contributed by atoms with Gasteiger partial charge in [-0.25, -0.2) is 0 Å². The molecule has 0 rings (SSSR count). The normalized spacial score (nSPS) is 13.9. The smallest absolute Gasteiger partial charge is 0.0625 e. The molecule has 1 atom stereocenters. The van der Waals surface area contributed by atoms with Crippen LogP contribution in [0.4, 0.5) is 0 Å². The first kappa shape index (κ1) is 11.3. The summed E-state index contributed by atoms with van der Waals surface area (Å²) in [5, 5.41) is 0.669. The van der Waals surface area contributed by atoms with Crippen LogP contribution in [-0.2, 0) is 4.74 Å². The third kappa shape index (κ3) is 8.17. The Morgan fingerprint density at radius 2 is 2.09 bits per heavy atom. The number of rotatable bonds is 6. The van der Waals surface area contributed by atoms with Crippen LogP contribution in [0.1, 0.15) is 20.8 Å². The molecule has 1 unspecified atom stereocenters. The third-order valence-corrected chi connectivity index (χ3v) is 2.47. The second kappa shape index (κ2) is 6.95. The second-order valence-corrected chi connectivity index (χ2v) is 4.41. The summed E-state index contributed by atoms with van der Waals surface area (Å²) in [6.45, 7) is 7.80. The van der Waals surface area contributed by atoms with E-state index in [1.165, 1.54) is 0 Å². The molecule has 11 heavy (non-hydrogen) atoms. The van der Waals surface area contributed by atoms with Crippen LogP contribution >= 0.6 is 11.8 Å². The van der Waals surface area contributed by atoms with Crippen molar-refractivity contribution in [2.45, 2.75) is 32.1 Å². The standard InChI is InChI=1S/C8H19NOS/c1-4-10-5-8(9)6-11-7(2)3/h7-8H,4-6,9H2,1-3H3. The van der Waals surface area contributed by atoms with Crippen molar-refractivity contribution in [3.63, 3.8) is 0 Å². The Kier molecular flexibility index (Phi) is 7.12. The van der Waals surface area contributed by atoms with E-state index in [-0.39, 0.29) is 6.04 Å². The van der Waals surface area contributed by atoms with Crippen molar-refractivity contribution in [2.24, 2.45) is 5.73 Å². The maximum absolute atomic E-state index is 5.76. The molecule has 0 saturated heterocycles. The fraction of sp³-hybridized carbons (Fsp3) is 1.00. The zero-order valence-electron chi connectivity index (χ0n) is 7.67. The van der Waals surface area contributed by atoms with Gasteiger partial charge in [-0.15, -0.1) is 0 Å². The summed E-state index contributed by atoms with van der Waals surface area (Å²) in [6.07, 6.45) is 0. The average molecular weight is 177 g/mol. The first-order valence-electron chi connectivity index (χ1n) is 4.11. The second-order valence-electron chi connectivity index (χ2n) is 2.80. The molecular weight excluding hydrogens is 158 g/mol. The Bertz CT molecular complexity index is 88.2. The van der Waals surface area contributed by atoms with Gasteiger partial charge in [0, 0.05) is 18.4 Å². The fourth-order valence-corrected chi connectivity index (χ4v) is 1.36. The van der Waals surface area contributed by atoms with E-state index >= 15 is 0 Å². The quantitative estimate of drug-likeness (QED) is 0.667. The average Bonchev–Trinajstić information content (AvgIpc) is 1.97. The number of nitrogens with two attached hydrogens (primary N) is 1. The number of ether oxygens (including phenoxy) is 1. The minimum Gasteiger partial charge on any atom is -0.380 e. The van der Waals surface area contributed by atoms with Crippen LogP contribution in [-0.4, -0.2) is 30.3 Å². The summed E-state index contributed by atoms with van der Waals surface area (Å²) in [5.74, 6) is 0.998. The van der Waals surface area contributed by atoms with Crippen molar-refractivity contribution in [3.05, 3.63) is 0 Å². The summed E-state index contributed by atoms with van der Waals surface area (Å²) in [5.41, 5.74) is 5.76. The van der Waals surface area contributed by atoms with Gasteiger partial charge in [0.15, 0.2) is 0 Å². The Morgan fingerprint density at radius 3 is 2.55 bits per heavy atom. The summed E-state index contributed by atoms with van der Waals surface area (Å²) in [6, 6.07) is 0.197.